The van der Waals surface area contributed by atoms with E-state index in [9.17, 15) is 5.11 Å². The van der Waals surface area contributed by atoms with Gasteiger partial charge in [0.15, 0.2) is 0 Å². The van der Waals surface area contributed by atoms with Gasteiger partial charge in [0.1, 0.15) is 18.0 Å². The Hall–Kier alpha value is -3.44. The highest BCUT2D eigenvalue weighted by Gasteiger charge is 2.26. The van der Waals surface area contributed by atoms with Crippen LogP contribution >= 0.6 is 0 Å². The molecular weight excluding hydrogens is 436 g/mol. The van der Waals surface area contributed by atoms with Gasteiger partial charge in [0.05, 0.1) is 26.4 Å². The number of phenolic OH excluding ortho intramolecular Hbond substituents is 1. The molecule has 2 unspecified atom stereocenters. The lowest BCUT2D eigenvalue weighted by atomic mass is 9.89. The van der Waals surface area contributed by atoms with E-state index in [0.29, 0.717) is 18.0 Å². The lowest BCUT2D eigenvalue weighted by Gasteiger charge is -2.16. The molecule has 0 bridgehead atoms. The molecule has 2 aliphatic heterocycles. The molecule has 0 aliphatic carbocycles. The van der Waals surface area contributed by atoms with Crippen LogP contribution in [0.5, 0.6) is 5.75 Å². The standard InChI is InChI=1S/C25H20O.C6H10O3/c26-24-17-9-16-22(20-12-5-2-6-13-20)25(24)23-15-8-7-14-21(23)18-19-10-3-1-4-11-19;1(5-3-8-5)7-2-6-4-9-6/h1-17,26H,18H2;5-6H,1-4H2. The van der Waals surface area contributed by atoms with Gasteiger partial charge in [-0.1, -0.05) is 97.1 Å². The summed E-state index contributed by atoms with van der Waals surface area (Å²) in [7, 11) is 0. The highest BCUT2D eigenvalue weighted by molar-refractivity contribution is 5.88. The maximum absolute atomic E-state index is 10.7. The Morgan fingerprint density at radius 1 is 0.657 bits per heavy atom. The van der Waals surface area contributed by atoms with Gasteiger partial charge in [0.2, 0.25) is 0 Å². The van der Waals surface area contributed by atoms with Gasteiger partial charge in [-0.15, -0.1) is 0 Å². The van der Waals surface area contributed by atoms with E-state index in [1.807, 2.05) is 36.4 Å². The average Bonchev–Trinajstić information content (AvgIpc) is 3.83. The minimum Gasteiger partial charge on any atom is -0.507 e. The van der Waals surface area contributed by atoms with E-state index in [1.54, 1.807) is 6.07 Å². The summed E-state index contributed by atoms with van der Waals surface area (Å²) in [6.45, 7) is 3.26. The first-order valence-corrected chi connectivity index (χ1v) is 12.1. The second-order valence-corrected chi connectivity index (χ2v) is 8.83. The molecule has 4 nitrogen and oxygen atoms in total. The summed E-state index contributed by atoms with van der Waals surface area (Å²) in [6.07, 6.45) is 1.62. The van der Waals surface area contributed by atoms with E-state index in [4.69, 9.17) is 14.2 Å². The minimum absolute atomic E-state index is 0.312. The molecule has 0 spiro atoms. The molecule has 0 amide bonds. The van der Waals surface area contributed by atoms with Crippen molar-refractivity contribution in [2.75, 3.05) is 26.4 Å². The van der Waals surface area contributed by atoms with Crippen molar-refractivity contribution in [3.8, 4) is 28.0 Å². The fourth-order valence-corrected chi connectivity index (χ4v) is 4.08. The topological polar surface area (TPSA) is 54.5 Å². The summed E-state index contributed by atoms with van der Waals surface area (Å²) in [6, 6.07) is 34.7. The monoisotopic (exact) mass is 466 g/mol. The van der Waals surface area contributed by atoms with Crippen LogP contribution in [0.3, 0.4) is 0 Å². The highest BCUT2D eigenvalue weighted by Crippen LogP contribution is 2.40. The normalized spacial score (nSPS) is 17.8. The number of epoxide rings is 2. The SMILES string of the molecule is C(OCC1CO1)C1CO1.Oc1cccc(-c2ccccc2)c1-c1ccccc1Cc1ccccc1. The molecule has 4 aromatic rings. The van der Waals surface area contributed by atoms with Gasteiger partial charge in [0.25, 0.3) is 0 Å². The van der Waals surface area contributed by atoms with Gasteiger partial charge in [-0.05, 0) is 40.3 Å². The second-order valence-electron chi connectivity index (χ2n) is 8.83. The molecule has 2 saturated heterocycles. The van der Waals surface area contributed by atoms with Crippen LogP contribution in [0, 0.1) is 0 Å². The summed E-state index contributed by atoms with van der Waals surface area (Å²) in [5, 5.41) is 10.7. The molecule has 1 N–H and O–H groups in total. The lowest BCUT2D eigenvalue weighted by Crippen LogP contribution is -2.06. The fraction of sp³-hybridized carbons (Fsp3) is 0.226. The van der Waals surface area contributed by atoms with E-state index < -0.39 is 0 Å². The molecule has 0 saturated carbocycles. The van der Waals surface area contributed by atoms with Crippen molar-refractivity contribution in [2.45, 2.75) is 18.6 Å². The number of rotatable bonds is 8. The molecule has 2 atom stereocenters. The Morgan fingerprint density at radius 3 is 1.89 bits per heavy atom. The fourth-order valence-electron chi connectivity index (χ4n) is 4.08. The van der Waals surface area contributed by atoms with Crippen molar-refractivity contribution in [2.24, 2.45) is 0 Å². The highest BCUT2D eigenvalue weighted by atomic mass is 16.6. The quantitative estimate of drug-likeness (QED) is 0.318. The zero-order chi connectivity index (χ0) is 23.9. The number of benzene rings is 4. The van der Waals surface area contributed by atoms with Crippen LogP contribution in [0.1, 0.15) is 11.1 Å². The lowest BCUT2D eigenvalue weighted by molar-refractivity contribution is 0.102. The number of hydrogen-bond acceptors (Lipinski definition) is 4. The van der Waals surface area contributed by atoms with Gasteiger partial charge >= 0.3 is 0 Å². The Bertz CT molecular complexity index is 1200. The molecule has 178 valence electrons. The molecule has 2 aliphatic rings. The molecule has 4 heteroatoms. The third-order valence-electron chi connectivity index (χ3n) is 6.06. The van der Waals surface area contributed by atoms with E-state index in [2.05, 4.69) is 60.7 Å². The van der Waals surface area contributed by atoms with E-state index in [0.717, 1.165) is 55.1 Å². The Kier molecular flexibility index (Phi) is 7.54. The molecule has 0 radical (unpaired) electrons. The van der Waals surface area contributed by atoms with E-state index in [-0.39, 0.29) is 0 Å². The third-order valence-corrected chi connectivity index (χ3v) is 6.06. The molecule has 0 aromatic heterocycles. The molecule has 35 heavy (non-hydrogen) atoms. The van der Waals surface area contributed by atoms with Crippen molar-refractivity contribution in [3.05, 3.63) is 114 Å². The van der Waals surface area contributed by atoms with Crippen LogP contribution in [0.2, 0.25) is 0 Å². The van der Waals surface area contributed by atoms with Crippen molar-refractivity contribution in [1.29, 1.82) is 0 Å². The molecule has 2 fully saturated rings. The Balaban J connectivity index is 0.000000234. The summed E-state index contributed by atoms with van der Waals surface area (Å²) in [5.74, 6) is 0.312. The van der Waals surface area contributed by atoms with Gasteiger partial charge in [-0.3, -0.25) is 0 Å². The van der Waals surface area contributed by atoms with Crippen LogP contribution in [0.4, 0.5) is 0 Å². The van der Waals surface area contributed by atoms with E-state index in [1.165, 1.54) is 11.1 Å². The predicted molar refractivity (Wildman–Crippen MR) is 139 cm³/mol. The zero-order valence-electron chi connectivity index (χ0n) is 19.7. The van der Waals surface area contributed by atoms with Gasteiger partial charge in [-0.25, -0.2) is 0 Å². The van der Waals surface area contributed by atoms with Gasteiger partial charge < -0.3 is 19.3 Å². The van der Waals surface area contributed by atoms with Crippen LogP contribution in [-0.4, -0.2) is 43.7 Å². The first-order valence-electron chi connectivity index (χ1n) is 12.1. The maximum atomic E-state index is 10.7. The molecular formula is C31H30O4. The summed E-state index contributed by atoms with van der Waals surface area (Å²) < 4.78 is 15.1. The van der Waals surface area contributed by atoms with Crippen LogP contribution in [-0.2, 0) is 20.6 Å². The van der Waals surface area contributed by atoms with Crippen molar-refractivity contribution < 1.29 is 19.3 Å². The Labute approximate surface area is 206 Å². The molecule has 2 heterocycles. The van der Waals surface area contributed by atoms with Crippen LogP contribution in [0.15, 0.2) is 103 Å². The second kappa shape index (κ2) is 11.3. The van der Waals surface area contributed by atoms with Crippen molar-refractivity contribution in [3.63, 3.8) is 0 Å². The molecule has 4 aromatic carbocycles. The number of phenols is 1. The zero-order valence-corrected chi connectivity index (χ0v) is 19.7. The van der Waals surface area contributed by atoms with Crippen LogP contribution in [0.25, 0.3) is 22.3 Å². The van der Waals surface area contributed by atoms with Gasteiger partial charge in [0, 0.05) is 5.56 Å². The molecule has 6 rings (SSSR count). The predicted octanol–water partition coefficient (Wildman–Crippen LogP) is 6.12. The first kappa shape index (κ1) is 23.3. The first-order chi connectivity index (χ1) is 17.3. The largest absolute Gasteiger partial charge is 0.507 e. The van der Waals surface area contributed by atoms with Crippen molar-refractivity contribution in [1.82, 2.24) is 0 Å². The average molecular weight is 467 g/mol. The smallest absolute Gasteiger partial charge is 0.124 e. The Morgan fingerprint density at radius 2 is 1.23 bits per heavy atom. The minimum atomic E-state index is 0.312. The van der Waals surface area contributed by atoms with Crippen LogP contribution < -0.4 is 0 Å². The summed E-state index contributed by atoms with van der Waals surface area (Å²) in [5.41, 5.74) is 6.59. The van der Waals surface area contributed by atoms with Crippen molar-refractivity contribution >= 4 is 0 Å². The van der Waals surface area contributed by atoms with E-state index >= 15 is 0 Å². The number of hydrogen-bond donors (Lipinski definition) is 1. The third kappa shape index (κ3) is 6.58. The summed E-state index contributed by atoms with van der Waals surface area (Å²) >= 11 is 0. The number of ether oxygens (including phenoxy) is 3. The summed E-state index contributed by atoms with van der Waals surface area (Å²) in [4.78, 5) is 0. The number of aromatic hydroxyl groups is 1. The van der Waals surface area contributed by atoms with Gasteiger partial charge in [-0.2, -0.15) is 0 Å². The maximum Gasteiger partial charge on any atom is 0.124 e.